The molecule has 0 spiro atoms. The maximum atomic E-state index is 12.7. The molecule has 0 saturated heterocycles. The van der Waals surface area contributed by atoms with Crippen molar-refractivity contribution in [2.24, 2.45) is 5.73 Å². The highest BCUT2D eigenvalue weighted by atomic mass is 16.6. The highest BCUT2D eigenvalue weighted by Gasteiger charge is 2.23. The first-order chi connectivity index (χ1) is 14.1. The number of ketones is 1. The fourth-order valence-corrected chi connectivity index (χ4v) is 3.01. The molecule has 2 aromatic carbocycles. The van der Waals surface area contributed by atoms with Gasteiger partial charge in [-0.15, -0.1) is 0 Å². The van der Waals surface area contributed by atoms with E-state index in [1.165, 1.54) is 6.08 Å². The Balaban J connectivity index is 1.72. The van der Waals surface area contributed by atoms with Crippen molar-refractivity contribution in [1.29, 1.82) is 0 Å². The normalized spacial score (nSPS) is 15.3. The molecule has 6 heteroatoms. The van der Waals surface area contributed by atoms with E-state index in [9.17, 15) is 4.79 Å². The molecule has 29 heavy (non-hydrogen) atoms. The van der Waals surface area contributed by atoms with Crippen LogP contribution in [0, 0.1) is 0 Å². The molecule has 2 N–H and O–H groups in total. The molecule has 1 aliphatic rings. The molecule has 1 unspecified atom stereocenters. The van der Waals surface area contributed by atoms with Crippen molar-refractivity contribution in [2.45, 2.75) is 32.4 Å². The lowest BCUT2D eigenvalue weighted by atomic mass is 10.1. The number of unbranched alkanes of at least 4 members (excludes halogenated alkanes) is 2. The highest BCUT2D eigenvalue weighted by Crippen LogP contribution is 2.35. The van der Waals surface area contributed by atoms with Crippen molar-refractivity contribution in [1.82, 2.24) is 0 Å². The Kier molecular flexibility index (Phi) is 7.14. The fourth-order valence-electron chi connectivity index (χ4n) is 3.01. The van der Waals surface area contributed by atoms with Gasteiger partial charge in [-0.2, -0.15) is 0 Å². The standard InChI is InChI=1S/C23H27NO5/c1-3-4-5-13-27-19-12-10-16(14-21(19)26-2)9-11-18(25)17-7-6-8-20-23(17)29-22(24)15-28-20/h6-12,14,22H,3-5,13,15,24H2,1-2H3. The third-order valence-corrected chi connectivity index (χ3v) is 4.54. The van der Waals surface area contributed by atoms with Gasteiger partial charge in [-0.1, -0.05) is 38.0 Å². The molecule has 0 radical (unpaired) electrons. The average Bonchev–Trinajstić information content (AvgIpc) is 2.75. The number of carbonyl (C=O) groups is 1. The quantitative estimate of drug-likeness (QED) is 0.388. The van der Waals surface area contributed by atoms with Gasteiger partial charge in [0.25, 0.3) is 0 Å². The molecule has 3 rings (SSSR count). The lowest BCUT2D eigenvalue weighted by molar-refractivity contribution is 0.0904. The van der Waals surface area contributed by atoms with E-state index in [0.29, 0.717) is 35.2 Å². The average molecular weight is 397 g/mol. The van der Waals surface area contributed by atoms with Gasteiger partial charge in [0, 0.05) is 0 Å². The molecule has 1 atom stereocenters. The van der Waals surface area contributed by atoms with E-state index in [1.54, 1.807) is 31.4 Å². The van der Waals surface area contributed by atoms with Crippen LogP contribution < -0.4 is 24.7 Å². The molecule has 1 heterocycles. The summed E-state index contributed by atoms with van der Waals surface area (Å²) in [6.07, 6.45) is 5.92. The van der Waals surface area contributed by atoms with E-state index in [1.807, 2.05) is 18.2 Å². The van der Waals surface area contributed by atoms with Gasteiger partial charge in [-0.3, -0.25) is 10.5 Å². The van der Waals surface area contributed by atoms with Crippen LogP contribution in [0.3, 0.4) is 0 Å². The predicted octanol–water partition coefficient (Wildman–Crippen LogP) is 4.22. The van der Waals surface area contributed by atoms with Crippen LogP contribution in [0.2, 0.25) is 0 Å². The van der Waals surface area contributed by atoms with Gasteiger partial charge in [0.15, 0.2) is 35.0 Å². The van der Waals surface area contributed by atoms with Crippen LogP contribution in [-0.4, -0.2) is 32.3 Å². The van der Waals surface area contributed by atoms with Gasteiger partial charge >= 0.3 is 0 Å². The number of nitrogens with two attached hydrogens (primary N) is 1. The monoisotopic (exact) mass is 397 g/mol. The van der Waals surface area contributed by atoms with Crippen LogP contribution in [0.25, 0.3) is 6.08 Å². The van der Waals surface area contributed by atoms with Crippen molar-refractivity contribution in [3.8, 4) is 23.0 Å². The number of para-hydroxylation sites is 1. The third kappa shape index (κ3) is 5.29. The maximum absolute atomic E-state index is 12.7. The number of methoxy groups -OCH3 is 1. The third-order valence-electron chi connectivity index (χ3n) is 4.54. The van der Waals surface area contributed by atoms with E-state index < -0.39 is 6.23 Å². The number of benzene rings is 2. The number of allylic oxidation sites excluding steroid dienone is 1. The second-order valence-corrected chi connectivity index (χ2v) is 6.76. The predicted molar refractivity (Wildman–Crippen MR) is 112 cm³/mol. The maximum Gasteiger partial charge on any atom is 0.189 e. The summed E-state index contributed by atoms with van der Waals surface area (Å²) in [7, 11) is 1.60. The molecule has 1 aliphatic heterocycles. The zero-order valence-corrected chi connectivity index (χ0v) is 16.9. The number of hydrogen-bond acceptors (Lipinski definition) is 6. The smallest absolute Gasteiger partial charge is 0.189 e. The molecule has 0 saturated carbocycles. The summed E-state index contributed by atoms with van der Waals surface area (Å²) < 4.78 is 22.3. The van der Waals surface area contributed by atoms with Crippen molar-refractivity contribution < 1.29 is 23.7 Å². The van der Waals surface area contributed by atoms with Crippen LogP contribution in [0.1, 0.15) is 42.1 Å². The molecule has 0 amide bonds. The van der Waals surface area contributed by atoms with Crippen molar-refractivity contribution >= 4 is 11.9 Å². The zero-order chi connectivity index (χ0) is 20.6. The summed E-state index contributed by atoms with van der Waals surface area (Å²) in [5.74, 6) is 2.05. The van der Waals surface area contributed by atoms with Crippen molar-refractivity contribution in [3.63, 3.8) is 0 Å². The first-order valence-corrected chi connectivity index (χ1v) is 9.83. The minimum atomic E-state index is -0.588. The lowest BCUT2D eigenvalue weighted by Gasteiger charge is -2.24. The Hall–Kier alpha value is -2.99. The fraction of sp³-hybridized carbons (Fsp3) is 0.348. The summed E-state index contributed by atoms with van der Waals surface area (Å²) in [5.41, 5.74) is 7.02. The van der Waals surface area contributed by atoms with Gasteiger partial charge in [0.05, 0.1) is 19.3 Å². The Morgan fingerprint density at radius 2 is 2.10 bits per heavy atom. The molecule has 154 valence electrons. The molecule has 6 nitrogen and oxygen atoms in total. The van der Waals surface area contributed by atoms with E-state index in [0.717, 1.165) is 24.8 Å². The van der Waals surface area contributed by atoms with Crippen LogP contribution in [0.5, 0.6) is 23.0 Å². The van der Waals surface area contributed by atoms with Gasteiger partial charge < -0.3 is 18.9 Å². The van der Waals surface area contributed by atoms with Crippen LogP contribution in [0.4, 0.5) is 0 Å². The molecule has 0 aromatic heterocycles. The van der Waals surface area contributed by atoms with Crippen LogP contribution in [0.15, 0.2) is 42.5 Å². The van der Waals surface area contributed by atoms with Gasteiger partial charge in [0.1, 0.15) is 6.61 Å². The second-order valence-electron chi connectivity index (χ2n) is 6.76. The van der Waals surface area contributed by atoms with E-state index >= 15 is 0 Å². The Morgan fingerprint density at radius 3 is 2.90 bits per heavy atom. The second kappa shape index (κ2) is 9.98. The summed E-state index contributed by atoms with van der Waals surface area (Å²) >= 11 is 0. The number of carbonyl (C=O) groups excluding carboxylic acids is 1. The largest absolute Gasteiger partial charge is 0.493 e. The van der Waals surface area contributed by atoms with Crippen LogP contribution >= 0.6 is 0 Å². The molecule has 0 bridgehead atoms. The molecule has 0 aliphatic carbocycles. The Bertz CT molecular complexity index is 878. The number of ether oxygens (including phenoxy) is 4. The molecule has 0 fully saturated rings. The minimum absolute atomic E-state index is 0.196. The molecular weight excluding hydrogens is 370 g/mol. The van der Waals surface area contributed by atoms with E-state index in [4.69, 9.17) is 24.7 Å². The lowest BCUT2D eigenvalue weighted by Crippen LogP contribution is -2.37. The number of rotatable bonds is 9. The number of fused-ring (bicyclic) bond motifs is 1. The van der Waals surface area contributed by atoms with Gasteiger partial charge in [0.2, 0.25) is 0 Å². The summed E-state index contributed by atoms with van der Waals surface area (Å²) in [4.78, 5) is 12.7. The van der Waals surface area contributed by atoms with Crippen molar-refractivity contribution in [3.05, 3.63) is 53.6 Å². The molecule has 2 aromatic rings. The number of hydrogen-bond donors (Lipinski definition) is 1. The Morgan fingerprint density at radius 1 is 1.24 bits per heavy atom. The van der Waals surface area contributed by atoms with Gasteiger partial charge in [-0.05, 0) is 42.3 Å². The summed E-state index contributed by atoms with van der Waals surface area (Å²) in [5, 5.41) is 0. The van der Waals surface area contributed by atoms with E-state index in [-0.39, 0.29) is 12.4 Å². The van der Waals surface area contributed by atoms with Crippen LogP contribution in [-0.2, 0) is 0 Å². The SMILES string of the molecule is CCCCCOc1ccc(C=CC(=O)c2cccc3c2OC(N)CO3)cc1OC. The zero-order valence-electron chi connectivity index (χ0n) is 16.9. The van der Waals surface area contributed by atoms with Crippen molar-refractivity contribution in [2.75, 3.05) is 20.3 Å². The Labute approximate surface area is 171 Å². The highest BCUT2D eigenvalue weighted by molar-refractivity contribution is 6.09. The first kappa shape index (κ1) is 20.7. The molecular formula is C23H27NO5. The minimum Gasteiger partial charge on any atom is -0.493 e. The summed E-state index contributed by atoms with van der Waals surface area (Å²) in [6, 6.07) is 10.8. The summed E-state index contributed by atoms with van der Waals surface area (Å²) in [6.45, 7) is 3.07. The van der Waals surface area contributed by atoms with E-state index in [2.05, 4.69) is 6.92 Å². The topological polar surface area (TPSA) is 80.0 Å². The van der Waals surface area contributed by atoms with Gasteiger partial charge in [-0.25, -0.2) is 0 Å². The first-order valence-electron chi connectivity index (χ1n) is 9.83.